The lowest BCUT2D eigenvalue weighted by molar-refractivity contribution is 0.220. The van der Waals surface area contributed by atoms with E-state index in [9.17, 15) is 0 Å². The number of aryl methyl sites for hydroxylation is 1. The lowest BCUT2D eigenvalue weighted by atomic mass is 10.1. The Hall–Kier alpha value is -3.95. The van der Waals surface area contributed by atoms with Gasteiger partial charge >= 0.3 is 0 Å². The quantitative estimate of drug-likeness (QED) is 0.298. The van der Waals surface area contributed by atoms with Crippen molar-refractivity contribution in [2.45, 2.75) is 32.7 Å². The summed E-state index contributed by atoms with van der Waals surface area (Å²) in [5.41, 5.74) is 8.04. The minimum absolute atomic E-state index is 0.649. The Morgan fingerprint density at radius 2 is 1.89 bits per heavy atom. The van der Waals surface area contributed by atoms with Gasteiger partial charge in [0.2, 0.25) is 0 Å². The molecule has 0 bridgehead atoms. The van der Waals surface area contributed by atoms with Gasteiger partial charge < -0.3 is 4.98 Å². The van der Waals surface area contributed by atoms with Crippen molar-refractivity contribution in [3.05, 3.63) is 65.4 Å². The highest BCUT2D eigenvalue weighted by atomic mass is 32.1. The summed E-state index contributed by atoms with van der Waals surface area (Å²) in [7, 11) is 0. The van der Waals surface area contributed by atoms with Crippen LogP contribution in [-0.2, 0) is 6.54 Å². The predicted molar refractivity (Wildman–Crippen MR) is 147 cm³/mol. The number of aromatic amines is 2. The molecule has 1 fully saturated rings. The summed E-state index contributed by atoms with van der Waals surface area (Å²) in [5.74, 6) is 0.649. The fourth-order valence-corrected chi connectivity index (χ4v) is 6.01. The number of nitrogens with one attached hydrogen (secondary N) is 2. The van der Waals surface area contributed by atoms with Crippen LogP contribution in [0.1, 0.15) is 29.7 Å². The second-order valence-corrected chi connectivity index (χ2v) is 10.9. The number of fused-ring (bicyclic) bond motifs is 2. The van der Waals surface area contributed by atoms with Crippen LogP contribution in [0.2, 0.25) is 0 Å². The van der Waals surface area contributed by atoms with Gasteiger partial charge in [-0.05, 0) is 74.8 Å². The average molecular weight is 507 g/mol. The number of nitrogens with zero attached hydrogens (tertiary/aromatic N) is 6. The monoisotopic (exact) mass is 506 g/mol. The first-order valence-corrected chi connectivity index (χ1v) is 13.5. The molecule has 2 N–H and O–H groups in total. The molecule has 0 aromatic carbocycles. The molecule has 0 atom stereocenters. The minimum atomic E-state index is 0.649. The van der Waals surface area contributed by atoms with Crippen molar-refractivity contribution < 1.29 is 0 Å². The Morgan fingerprint density at radius 3 is 2.76 bits per heavy atom. The first-order valence-electron chi connectivity index (χ1n) is 12.6. The molecule has 1 saturated heterocycles. The van der Waals surface area contributed by atoms with Crippen LogP contribution in [0.4, 0.5) is 0 Å². The van der Waals surface area contributed by atoms with Gasteiger partial charge in [0.15, 0.2) is 17.2 Å². The normalized spacial score (nSPS) is 14.6. The molecule has 6 aromatic rings. The number of likely N-dealkylation sites (tertiary alicyclic amines) is 1. The second-order valence-electron chi connectivity index (χ2n) is 9.63. The van der Waals surface area contributed by atoms with Crippen LogP contribution >= 0.6 is 11.3 Å². The second kappa shape index (κ2) is 9.17. The van der Waals surface area contributed by atoms with Gasteiger partial charge in [0.25, 0.3) is 0 Å². The maximum absolute atomic E-state index is 5.00. The summed E-state index contributed by atoms with van der Waals surface area (Å²) in [4.78, 5) is 27.3. The number of pyridine rings is 3. The van der Waals surface area contributed by atoms with Crippen molar-refractivity contribution in [3.8, 4) is 33.2 Å². The molecule has 0 amide bonds. The molecule has 37 heavy (non-hydrogen) atoms. The van der Waals surface area contributed by atoms with E-state index in [-0.39, 0.29) is 0 Å². The number of hydrogen-bond donors (Lipinski definition) is 2. The summed E-state index contributed by atoms with van der Waals surface area (Å²) >= 11 is 1.75. The molecule has 1 aliphatic heterocycles. The summed E-state index contributed by atoms with van der Waals surface area (Å²) in [6.07, 6.45) is 9.56. The third-order valence-corrected chi connectivity index (χ3v) is 8.00. The summed E-state index contributed by atoms with van der Waals surface area (Å²) < 4.78 is 0. The zero-order chi connectivity index (χ0) is 24.8. The average Bonchev–Trinajstić information content (AvgIpc) is 3.66. The summed E-state index contributed by atoms with van der Waals surface area (Å²) in [5, 5.41) is 7.68. The standard InChI is InChI=1S/C28H26N8S/c1-17-5-8-23(37-17)20-9-10-30-27-24(20)32-28(33-27)26-25-22(34-35-26)7-6-21(31-25)19-13-18(14-29-15-19)16-36-11-3-2-4-12-36/h5-10,13-15H,2-4,11-12,16H2,1H3,(H,34,35)(H,30,32,33). The van der Waals surface area contributed by atoms with Crippen molar-refractivity contribution >= 4 is 33.5 Å². The Balaban J connectivity index is 1.26. The fraction of sp³-hybridized carbons (Fsp3) is 0.250. The van der Waals surface area contributed by atoms with Gasteiger partial charge in [-0.15, -0.1) is 11.3 Å². The number of H-pyrrole nitrogens is 2. The SMILES string of the molecule is Cc1ccc(-c2ccnc3[nH]c(-c4n[nH]c5ccc(-c6cncc(CN7CCCCC7)c6)nc45)nc23)s1. The highest BCUT2D eigenvalue weighted by Gasteiger charge is 2.18. The Morgan fingerprint density at radius 1 is 0.973 bits per heavy atom. The molecule has 7 rings (SSSR count). The maximum atomic E-state index is 5.00. The van der Waals surface area contributed by atoms with E-state index in [1.807, 2.05) is 36.8 Å². The van der Waals surface area contributed by atoms with Crippen LogP contribution in [0.3, 0.4) is 0 Å². The van der Waals surface area contributed by atoms with Crippen molar-refractivity contribution in [1.82, 2.24) is 40.0 Å². The van der Waals surface area contributed by atoms with Gasteiger partial charge in [-0.25, -0.2) is 15.0 Å². The largest absolute Gasteiger partial charge is 0.321 e. The smallest absolute Gasteiger partial charge is 0.162 e. The number of thiophene rings is 1. The Kier molecular flexibility index (Phi) is 5.52. The lowest BCUT2D eigenvalue weighted by Crippen LogP contribution is -2.29. The molecular weight excluding hydrogens is 480 g/mol. The van der Waals surface area contributed by atoms with Crippen LogP contribution in [0.5, 0.6) is 0 Å². The predicted octanol–water partition coefficient (Wildman–Crippen LogP) is 5.98. The molecule has 0 radical (unpaired) electrons. The first kappa shape index (κ1) is 22.3. The van der Waals surface area contributed by atoms with Crippen LogP contribution in [0.25, 0.3) is 55.4 Å². The van der Waals surface area contributed by atoms with Gasteiger partial charge in [0.05, 0.1) is 11.2 Å². The van der Waals surface area contributed by atoms with Crippen molar-refractivity contribution in [2.75, 3.05) is 13.1 Å². The van der Waals surface area contributed by atoms with E-state index < -0.39 is 0 Å². The van der Waals surface area contributed by atoms with Crippen LogP contribution in [0.15, 0.2) is 55.0 Å². The van der Waals surface area contributed by atoms with Gasteiger partial charge in [0, 0.05) is 46.0 Å². The van der Waals surface area contributed by atoms with Crippen molar-refractivity contribution in [2.24, 2.45) is 0 Å². The van der Waals surface area contributed by atoms with E-state index in [4.69, 9.17) is 9.97 Å². The van der Waals surface area contributed by atoms with E-state index in [0.29, 0.717) is 11.5 Å². The third kappa shape index (κ3) is 4.20. The lowest BCUT2D eigenvalue weighted by Gasteiger charge is -2.26. The molecule has 9 heteroatoms. The van der Waals surface area contributed by atoms with E-state index in [2.05, 4.69) is 55.2 Å². The number of hydrogen-bond acceptors (Lipinski definition) is 7. The molecule has 6 aromatic heterocycles. The molecule has 184 valence electrons. The van der Waals surface area contributed by atoms with Gasteiger partial charge in [-0.1, -0.05) is 6.42 Å². The zero-order valence-corrected chi connectivity index (χ0v) is 21.3. The molecule has 0 saturated carbocycles. The van der Waals surface area contributed by atoms with E-state index >= 15 is 0 Å². The highest BCUT2D eigenvalue weighted by molar-refractivity contribution is 7.15. The van der Waals surface area contributed by atoms with Crippen LogP contribution in [0, 0.1) is 6.92 Å². The van der Waals surface area contributed by atoms with Crippen molar-refractivity contribution in [1.29, 1.82) is 0 Å². The van der Waals surface area contributed by atoms with Crippen molar-refractivity contribution in [3.63, 3.8) is 0 Å². The minimum Gasteiger partial charge on any atom is -0.321 e. The van der Waals surface area contributed by atoms with Crippen LogP contribution in [-0.4, -0.2) is 53.1 Å². The maximum Gasteiger partial charge on any atom is 0.162 e. The van der Waals surface area contributed by atoms with Gasteiger partial charge in [-0.2, -0.15) is 5.10 Å². The summed E-state index contributed by atoms with van der Waals surface area (Å²) in [6.45, 7) is 5.36. The molecule has 0 spiro atoms. The first-order chi connectivity index (χ1) is 18.2. The fourth-order valence-electron chi connectivity index (χ4n) is 5.12. The van der Waals surface area contributed by atoms with Gasteiger partial charge in [0.1, 0.15) is 11.0 Å². The number of aromatic nitrogens is 7. The number of imidazole rings is 1. The molecule has 0 aliphatic carbocycles. The summed E-state index contributed by atoms with van der Waals surface area (Å²) in [6, 6.07) is 12.5. The number of rotatable bonds is 5. The van der Waals surface area contributed by atoms with E-state index in [0.717, 1.165) is 58.7 Å². The molecule has 8 nitrogen and oxygen atoms in total. The number of piperidine rings is 1. The van der Waals surface area contributed by atoms with E-state index in [1.54, 1.807) is 11.3 Å². The third-order valence-electron chi connectivity index (χ3n) is 6.97. The molecule has 0 unspecified atom stereocenters. The topological polar surface area (TPSA) is 99.3 Å². The molecule has 7 heterocycles. The highest BCUT2D eigenvalue weighted by Crippen LogP contribution is 2.34. The zero-order valence-electron chi connectivity index (χ0n) is 20.5. The van der Waals surface area contributed by atoms with Gasteiger partial charge in [-0.3, -0.25) is 15.0 Å². The Bertz CT molecular complexity index is 1720. The Labute approximate surface area is 217 Å². The van der Waals surface area contributed by atoms with E-state index in [1.165, 1.54) is 34.6 Å². The molecule has 1 aliphatic rings. The van der Waals surface area contributed by atoms with Crippen LogP contribution < -0.4 is 0 Å². The molecular formula is C28H26N8S.